The summed E-state index contributed by atoms with van der Waals surface area (Å²) in [6.45, 7) is 0. The van der Waals surface area contributed by atoms with Crippen molar-refractivity contribution in [3.05, 3.63) is 119 Å². The maximum absolute atomic E-state index is 13.8. The second kappa shape index (κ2) is 11.1. The van der Waals surface area contributed by atoms with Gasteiger partial charge in [0.2, 0.25) is 0 Å². The van der Waals surface area contributed by atoms with Gasteiger partial charge in [0.15, 0.2) is 0 Å². The highest BCUT2D eigenvalue weighted by atomic mass is 35.5. The molecule has 4 aromatic carbocycles. The Bertz CT molecular complexity index is 1620. The number of amides is 1. The van der Waals surface area contributed by atoms with Crippen LogP contribution in [0.4, 0.5) is 10.1 Å². The Kier molecular flexibility index (Phi) is 7.44. The van der Waals surface area contributed by atoms with Crippen LogP contribution in [0.15, 0.2) is 96.6 Å². The number of carbonyl (C=O) groups excluding carboxylic acids is 2. The van der Waals surface area contributed by atoms with Crippen molar-refractivity contribution in [3.8, 4) is 23.0 Å². The third-order valence-electron chi connectivity index (χ3n) is 6.43. The molecular weight excluding hydrogens is 537 g/mol. The Morgan fingerprint density at radius 2 is 1.52 bits per heavy atom. The number of nitrogens with zero attached hydrogens (tertiary/aromatic N) is 1. The molecule has 9 heteroatoms. The molecule has 0 radical (unpaired) electrons. The lowest BCUT2D eigenvalue weighted by molar-refractivity contribution is -0.132. The highest BCUT2D eigenvalue weighted by Crippen LogP contribution is 2.45. The molecule has 1 atom stereocenters. The number of ketones is 1. The third kappa shape index (κ3) is 4.97. The van der Waals surface area contributed by atoms with Crippen molar-refractivity contribution in [2.75, 3.05) is 19.1 Å². The van der Waals surface area contributed by atoms with E-state index in [-0.39, 0.29) is 33.3 Å². The smallest absolute Gasteiger partial charge is 0.300 e. The van der Waals surface area contributed by atoms with Gasteiger partial charge in [-0.15, -0.1) is 0 Å². The normalized spacial score (nSPS) is 16.2. The molecule has 1 heterocycles. The number of aliphatic hydroxyl groups is 1. The summed E-state index contributed by atoms with van der Waals surface area (Å²) in [7, 11) is 2.79. The fraction of sp³-hybridized carbons (Fsp3) is 0.0968. The fourth-order valence-electron chi connectivity index (χ4n) is 4.58. The van der Waals surface area contributed by atoms with E-state index in [1.165, 1.54) is 55.5 Å². The number of Topliss-reactive ketones (excluding diaryl/α,β-unsaturated/α-hetero) is 1. The van der Waals surface area contributed by atoms with Crippen molar-refractivity contribution in [2.45, 2.75) is 6.04 Å². The molecule has 1 amide bonds. The van der Waals surface area contributed by atoms with E-state index in [2.05, 4.69) is 0 Å². The van der Waals surface area contributed by atoms with Crippen LogP contribution in [0, 0.1) is 5.82 Å². The Hall–Kier alpha value is -4.82. The second-order valence-corrected chi connectivity index (χ2v) is 9.23. The molecule has 202 valence electrons. The molecule has 5 rings (SSSR count). The van der Waals surface area contributed by atoms with Crippen LogP contribution in [-0.4, -0.2) is 31.0 Å². The predicted molar refractivity (Wildman–Crippen MR) is 149 cm³/mol. The van der Waals surface area contributed by atoms with E-state index in [4.69, 9.17) is 25.8 Å². The first-order chi connectivity index (χ1) is 19.3. The average Bonchev–Trinajstić information content (AvgIpc) is 3.23. The molecule has 1 N–H and O–H groups in total. The summed E-state index contributed by atoms with van der Waals surface area (Å²) in [4.78, 5) is 28.2. The van der Waals surface area contributed by atoms with Gasteiger partial charge in [-0.05, 0) is 60.2 Å². The summed E-state index contributed by atoms with van der Waals surface area (Å²) in [5.74, 6) is -1.40. The van der Waals surface area contributed by atoms with Crippen molar-refractivity contribution in [1.29, 1.82) is 0 Å². The van der Waals surface area contributed by atoms with Crippen LogP contribution in [0.25, 0.3) is 5.76 Å². The van der Waals surface area contributed by atoms with Crippen LogP contribution >= 0.6 is 11.6 Å². The quantitative estimate of drug-likeness (QED) is 0.150. The summed E-state index contributed by atoms with van der Waals surface area (Å²) < 4.78 is 30.5. The molecule has 1 fully saturated rings. The standard InChI is InChI=1S/C31H23ClFNO6/c1-38-25-17-24(32)26(39-2)16-23(25)29(35)27-28(34(31(37)30(27)36)20-13-11-19(33)12-14-20)18-7-6-10-22(15-18)40-21-8-4-3-5-9-21/h3-17,28,35H,1-2H3/b29-27+. The maximum Gasteiger partial charge on any atom is 0.300 e. The first-order valence-corrected chi connectivity index (χ1v) is 12.5. The van der Waals surface area contributed by atoms with Gasteiger partial charge in [-0.1, -0.05) is 41.9 Å². The van der Waals surface area contributed by atoms with Gasteiger partial charge >= 0.3 is 0 Å². The number of benzene rings is 4. The number of methoxy groups -OCH3 is 2. The topological polar surface area (TPSA) is 85.3 Å². The number of ether oxygens (including phenoxy) is 3. The number of hydrogen-bond acceptors (Lipinski definition) is 6. The molecule has 7 nitrogen and oxygen atoms in total. The summed E-state index contributed by atoms with van der Waals surface area (Å²) >= 11 is 6.24. The van der Waals surface area contributed by atoms with Gasteiger partial charge in [-0.3, -0.25) is 14.5 Å². The number of halogens is 2. The zero-order valence-electron chi connectivity index (χ0n) is 21.4. The van der Waals surface area contributed by atoms with Gasteiger partial charge in [0.25, 0.3) is 11.7 Å². The summed E-state index contributed by atoms with van der Waals surface area (Å²) in [6, 6.07) is 22.9. The van der Waals surface area contributed by atoms with Crippen LogP contribution in [0.3, 0.4) is 0 Å². The van der Waals surface area contributed by atoms with Crippen molar-refractivity contribution < 1.29 is 33.3 Å². The number of para-hydroxylation sites is 1. The van der Waals surface area contributed by atoms with E-state index in [1.807, 2.05) is 18.2 Å². The molecule has 0 bridgehead atoms. The zero-order valence-corrected chi connectivity index (χ0v) is 22.2. The Balaban J connectivity index is 1.71. The molecule has 4 aromatic rings. The highest BCUT2D eigenvalue weighted by Gasteiger charge is 2.47. The molecule has 1 aliphatic rings. The van der Waals surface area contributed by atoms with Crippen molar-refractivity contribution in [2.24, 2.45) is 0 Å². The Morgan fingerprint density at radius 1 is 0.850 bits per heavy atom. The van der Waals surface area contributed by atoms with Gasteiger partial charge < -0.3 is 19.3 Å². The van der Waals surface area contributed by atoms with Crippen LogP contribution in [-0.2, 0) is 9.59 Å². The van der Waals surface area contributed by atoms with Gasteiger partial charge in [0, 0.05) is 11.8 Å². The van der Waals surface area contributed by atoms with E-state index in [9.17, 15) is 19.1 Å². The van der Waals surface area contributed by atoms with E-state index in [0.29, 0.717) is 17.1 Å². The van der Waals surface area contributed by atoms with E-state index < -0.39 is 29.3 Å². The number of hydrogen-bond donors (Lipinski definition) is 1. The minimum atomic E-state index is -1.09. The summed E-state index contributed by atoms with van der Waals surface area (Å²) in [5, 5.41) is 11.8. The second-order valence-electron chi connectivity index (χ2n) is 8.82. The van der Waals surface area contributed by atoms with Gasteiger partial charge in [0.05, 0.1) is 36.4 Å². The van der Waals surface area contributed by atoms with Crippen LogP contribution in [0.2, 0.25) is 5.02 Å². The molecule has 1 saturated heterocycles. The van der Waals surface area contributed by atoms with Gasteiger partial charge in [-0.2, -0.15) is 0 Å². The molecule has 1 aliphatic heterocycles. The first-order valence-electron chi connectivity index (χ1n) is 12.1. The number of rotatable bonds is 7. The summed E-state index contributed by atoms with van der Waals surface area (Å²) in [6.07, 6.45) is 0. The van der Waals surface area contributed by atoms with E-state index in [1.54, 1.807) is 36.4 Å². The molecule has 0 aromatic heterocycles. The van der Waals surface area contributed by atoms with E-state index in [0.717, 1.165) is 0 Å². The monoisotopic (exact) mass is 559 g/mol. The Labute approximate surface area is 234 Å². The summed E-state index contributed by atoms with van der Waals surface area (Å²) in [5.41, 5.74) is 0.636. The minimum absolute atomic E-state index is 0.0996. The molecule has 0 aliphatic carbocycles. The predicted octanol–water partition coefficient (Wildman–Crippen LogP) is 6.91. The fourth-order valence-corrected chi connectivity index (χ4v) is 4.81. The average molecular weight is 560 g/mol. The van der Waals surface area contributed by atoms with Crippen molar-refractivity contribution >= 4 is 34.7 Å². The van der Waals surface area contributed by atoms with Gasteiger partial charge in [-0.25, -0.2) is 4.39 Å². The Morgan fingerprint density at radius 3 is 2.20 bits per heavy atom. The van der Waals surface area contributed by atoms with Crippen LogP contribution in [0.1, 0.15) is 17.2 Å². The lowest BCUT2D eigenvalue weighted by Gasteiger charge is -2.26. The number of anilines is 1. The van der Waals surface area contributed by atoms with Crippen LogP contribution < -0.4 is 19.1 Å². The number of aliphatic hydroxyl groups excluding tert-OH is 1. The zero-order chi connectivity index (χ0) is 28.4. The first kappa shape index (κ1) is 26.8. The van der Waals surface area contributed by atoms with Gasteiger partial charge in [0.1, 0.15) is 34.6 Å². The lowest BCUT2D eigenvalue weighted by Crippen LogP contribution is -2.29. The third-order valence-corrected chi connectivity index (χ3v) is 6.73. The van der Waals surface area contributed by atoms with Crippen LogP contribution in [0.5, 0.6) is 23.0 Å². The molecular formula is C31H23ClFNO6. The minimum Gasteiger partial charge on any atom is -0.507 e. The lowest BCUT2D eigenvalue weighted by atomic mass is 9.94. The van der Waals surface area contributed by atoms with Crippen molar-refractivity contribution in [3.63, 3.8) is 0 Å². The molecule has 40 heavy (non-hydrogen) atoms. The van der Waals surface area contributed by atoms with E-state index >= 15 is 0 Å². The molecule has 0 spiro atoms. The molecule has 1 unspecified atom stereocenters. The maximum atomic E-state index is 13.8. The largest absolute Gasteiger partial charge is 0.507 e. The highest BCUT2D eigenvalue weighted by molar-refractivity contribution is 6.51. The number of carbonyl (C=O) groups is 2. The van der Waals surface area contributed by atoms with Crippen molar-refractivity contribution in [1.82, 2.24) is 0 Å². The molecule has 0 saturated carbocycles. The SMILES string of the molecule is COc1cc(/C(O)=C2\C(=O)C(=O)N(c3ccc(F)cc3)C2c2cccc(Oc3ccccc3)c2)c(OC)cc1Cl.